The molecule has 1 N–H and O–H groups in total. The lowest BCUT2D eigenvalue weighted by Gasteiger charge is -2.22. The molecule has 1 aromatic carbocycles. The molecular formula is C19H24N2O2S. The number of rotatable bonds is 6. The van der Waals surface area contributed by atoms with E-state index in [1.165, 1.54) is 16.9 Å². The van der Waals surface area contributed by atoms with Crippen molar-refractivity contribution in [2.24, 2.45) is 0 Å². The minimum Gasteiger partial charge on any atom is -0.395 e. The number of nitrogens with zero attached hydrogens (tertiary/aromatic N) is 2. The maximum atomic E-state index is 12.9. The fourth-order valence-electron chi connectivity index (χ4n) is 2.91. The van der Waals surface area contributed by atoms with E-state index in [4.69, 9.17) is 4.98 Å². The molecule has 4 nitrogen and oxygen atoms in total. The van der Waals surface area contributed by atoms with Crippen LogP contribution in [0.5, 0.6) is 0 Å². The van der Waals surface area contributed by atoms with E-state index in [-0.39, 0.29) is 24.0 Å². The number of aromatic nitrogens is 1. The molecule has 0 unspecified atom stereocenters. The number of aryl methyl sites for hydroxylation is 1. The molecule has 1 saturated carbocycles. The topological polar surface area (TPSA) is 53.4 Å². The molecule has 1 amide bonds. The smallest absolute Gasteiger partial charge is 0.266 e. The highest BCUT2D eigenvalue weighted by Crippen LogP contribution is 2.37. The van der Waals surface area contributed by atoms with Crippen molar-refractivity contribution in [2.75, 3.05) is 13.2 Å². The van der Waals surface area contributed by atoms with Crippen molar-refractivity contribution >= 4 is 17.2 Å². The molecule has 1 heterocycles. The average molecular weight is 344 g/mol. The van der Waals surface area contributed by atoms with Crippen LogP contribution >= 0.6 is 11.3 Å². The van der Waals surface area contributed by atoms with Crippen LogP contribution in [-0.2, 0) is 5.41 Å². The summed E-state index contributed by atoms with van der Waals surface area (Å²) in [7, 11) is 0. The van der Waals surface area contributed by atoms with Crippen molar-refractivity contribution in [1.29, 1.82) is 0 Å². The molecule has 1 aromatic heterocycles. The predicted molar refractivity (Wildman–Crippen MR) is 96.6 cm³/mol. The number of aliphatic hydroxyl groups is 1. The summed E-state index contributed by atoms with van der Waals surface area (Å²) in [6, 6.07) is 10.5. The third kappa shape index (κ3) is 3.23. The first kappa shape index (κ1) is 17.1. The molecule has 0 spiro atoms. The molecule has 0 atom stereocenters. The zero-order chi connectivity index (χ0) is 17.3. The fourth-order valence-corrected chi connectivity index (χ4v) is 4.06. The summed E-state index contributed by atoms with van der Waals surface area (Å²) in [6.07, 6.45) is 2.07. The molecule has 1 aliphatic carbocycles. The van der Waals surface area contributed by atoms with Gasteiger partial charge in [-0.1, -0.05) is 30.3 Å². The quantitative estimate of drug-likeness (QED) is 0.874. The molecule has 2 aromatic rings. The van der Waals surface area contributed by atoms with Gasteiger partial charge in [0.15, 0.2) is 0 Å². The van der Waals surface area contributed by atoms with E-state index < -0.39 is 0 Å². The Morgan fingerprint density at radius 3 is 2.58 bits per heavy atom. The third-order valence-corrected chi connectivity index (χ3v) is 6.08. The Kier molecular flexibility index (Phi) is 4.74. The molecule has 5 heteroatoms. The van der Waals surface area contributed by atoms with Crippen LogP contribution in [0.15, 0.2) is 30.3 Å². The second-order valence-electron chi connectivity index (χ2n) is 6.88. The van der Waals surface area contributed by atoms with E-state index >= 15 is 0 Å². The predicted octanol–water partition coefficient (Wildman–Crippen LogP) is 3.37. The Hall–Kier alpha value is -1.72. The lowest BCUT2D eigenvalue weighted by Crippen LogP contribution is -2.35. The van der Waals surface area contributed by atoms with E-state index in [1.807, 2.05) is 25.1 Å². The van der Waals surface area contributed by atoms with Crippen LogP contribution in [0.2, 0.25) is 0 Å². The Labute approximate surface area is 147 Å². The van der Waals surface area contributed by atoms with E-state index in [0.29, 0.717) is 11.4 Å². The van der Waals surface area contributed by atoms with Crippen molar-refractivity contribution in [1.82, 2.24) is 9.88 Å². The van der Waals surface area contributed by atoms with Crippen molar-refractivity contribution in [3.05, 3.63) is 51.5 Å². The number of amides is 1. The standard InChI is InChI=1S/C19H24N2O2S/c1-13-16(17(23)21(11-12-22)15-9-10-15)24-18(20-13)19(2,3)14-7-5-4-6-8-14/h4-8,15,22H,9-12H2,1-3H3. The lowest BCUT2D eigenvalue weighted by atomic mass is 9.85. The number of aliphatic hydroxyl groups excluding tert-OH is 1. The van der Waals surface area contributed by atoms with Gasteiger partial charge in [-0.2, -0.15) is 0 Å². The zero-order valence-corrected chi connectivity index (χ0v) is 15.3. The molecule has 1 fully saturated rings. The van der Waals surface area contributed by atoms with Crippen molar-refractivity contribution in [3.8, 4) is 0 Å². The molecule has 0 radical (unpaired) electrons. The van der Waals surface area contributed by atoms with E-state index in [2.05, 4.69) is 26.0 Å². The Morgan fingerprint density at radius 2 is 2.00 bits per heavy atom. The van der Waals surface area contributed by atoms with Crippen molar-refractivity contribution in [3.63, 3.8) is 0 Å². The summed E-state index contributed by atoms with van der Waals surface area (Å²) in [5.74, 6) is 0.0108. The summed E-state index contributed by atoms with van der Waals surface area (Å²) in [4.78, 5) is 20.1. The monoisotopic (exact) mass is 344 g/mol. The van der Waals surface area contributed by atoms with Crippen LogP contribution in [0.1, 0.15) is 52.6 Å². The van der Waals surface area contributed by atoms with Crippen LogP contribution in [0.25, 0.3) is 0 Å². The van der Waals surface area contributed by atoms with Crippen LogP contribution in [0, 0.1) is 6.92 Å². The highest BCUT2D eigenvalue weighted by Gasteiger charge is 2.35. The Bertz CT molecular complexity index is 720. The van der Waals surface area contributed by atoms with Gasteiger partial charge in [-0.15, -0.1) is 11.3 Å². The van der Waals surface area contributed by atoms with Gasteiger partial charge in [0.1, 0.15) is 9.88 Å². The Morgan fingerprint density at radius 1 is 1.33 bits per heavy atom. The minimum atomic E-state index is -0.239. The summed E-state index contributed by atoms with van der Waals surface area (Å²) in [5.41, 5.74) is 1.73. The second kappa shape index (κ2) is 6.65. The second-order valence-corrected chi connectivity index (χ2v) is 7.88. The highest BCUT2D eigenvalue weighted by molar-refractivity contribution is 7.14. The normalized spacial score (nSPS) is 14.7. The van der Waals surface area contributed by atoms with Gasteiger partial charge < -0.3 is 10.0 Å². The molecular weight excluding hydrogens is 320 g/mol. The highest BCUT2D eigenvalue weighted by atomic mass is 32.1. The number of benzene rings is 1. The van der Waals surface area contributed by atoms with Crippen molar-refractivity contribution in [2.45, 2.75) is 45.1 Å². The maximum absolute atomic E-state index is 12.9. The van der Waals surface area contributed by atoms with Crippen LogP contribution in [0.4, 0.5) is 0 Å². The summed E-state index contributed by atoms with van der Waals surface area (Å²) >= 11 is 1.48. The van der Waals surface area contributed by atoms with Gasteiger partial charge >= 0.3 is 0 Å². The van der Waals surface area contributed by atoms with Crippen LogP contribution < -0.4 is 0 Å². The van der Waals surface area contributed by atoms with E-state index in [0.717, 1.165) is 23.5 Å². The van der Waals surface area contributed by atoms with Gasteiger partial charge in [-0.25, -0.2) is 4.98 Å². The number of carbonyl (C=O) groups excluding carboxylic acids is 1. The van der Waals surface area contributed by atoms with Crippen molar-refractivity contribution < 1.29 is 9.90 Å². The first-order chi connectivity index (χ1) is 11.4. The SMILES string of the molecule is Cc1nc(C(C)(C)c2ccccc2)sc1C(=O)N(CCO)C1CC1. The fraction of sp³-hybridized carbons (Fsp3) is 0.474. The molecule has 128 valence electrons. The summed E-state index contributed by atoms with van der Waals surface area (Å²) in [5, 5.41) is 10.2. The molecule has 1 aliphatic rings. The maximum Gasteiger partial charge on any atom is 0.266 e. The molecule has 24 heavy (non-hydrogen) atoms. The van der Waals surface area contributed by atoms with Gasteiger partial charge in [0.05, 0.1) is 12.3 Å². The van der Waals surface area contributed by atoms with Gasteiger partial charge in [0.25, 0.3) is 5.91 Å². The van der Waals surface area contributed by atoms with Gasteiger partial charge in [-0.05, 0) is 39.2 Å². The first-order valence-electron chi connectivity index (χ1n) is 8.40. The van der Waals surface area contributed by atoms with Crippen LogP contribution in [-0.4, -0.2) is 40.1 Å². The molecule has 3 rings (SSSR count). The van der Waals surface area contributed by atoms with Gasteiger partial charge in [-0.3, -0.25) is 4.79 Å². The number of hydrogen-bond acceptors (Lipinski definition) is 4. The molecule has 0 bridgehead atoms. The van der Waals surface area contributed by atoms with Gasteiger partial charge in [0, 0.05) is 18.0 Å². The summed E-state index contributed by atoms with van der Waals surface area (Å²) in [6.45, 7) is 6.58. The lowest BCUT2D eigenvalue weighted by molar-refractivity contribution is 0.0711. The zero-order valence-electron chi connectivity index (χ0n) is 14.5. The third-order valence-electron chi connectivity index (χ3n) is 4.61. The minimum absolute atomic E-state index is 0.00244. The molecule has 0 saturated heterocycles. The molecule has 0 aliphatic heterocycles. The largest absolute Gasteiger partial charge is 0.395 e. The van der Waals surface area contributed by atoms with E-state index in [1.54, 1.807) is 4.90 Å². The average Bonchev–Trinajstić information content (AvgIpc) is 3.34. The number of hydrogen-bond donors (Lipinski definition) is 1. The number of thiazole rings is 1. The van der Waals surface area contributed by atoms with E-state index in [9.17, 15) is 9.90 Å². The first-order valence-corrected chi connectivity index (χ1v) is 9.22. The summed E-state index contributed by atoms with van der Waals surface area (Å²) < 4.78 is 0. The van der Waals surface area contributed by atoms with Crippen LogP contribution in [0.3, 0.4) is 0 Å². The van der Waals surface area contributed by atoms with Gasteiger partial charge in [0.2, 0.25) is 0 Å². The Balaban J connectivity index is 1.91. The number of carbonyl (C=O) groups is 1.